The zero-order valence-corrected chi connectivity index (χ0v) is 20.6. The fourth-order valence-electron chi connectivity index (χ4n) is 3.93. The Morgan fingerprint density at radius 1 is 0.571 bits per heavy atom. The molecule has 0 radical (unpaired) electrons. The Hall–Kier alpha value is 0.100. The fraction of sp³-hybridized carbons (Fsp3) is 0.917. The zero-order chi connectivity index (χ0) is 20.1. The third-order valence-corrected chi connectivity index (χ3v) is 5.96. The Morgan fingerprint density at radius 3 is 1.43 bits per heavy atom. The van der Waals surface area contributed by atoms with Crippen molar-refractivity contribution in [2.24, 2.45) is 0 Å². The Bertz CT molecular complexity index is 318. The lowest BCUT2D eigenvalue weighted by Crippen LogP contribution is -3.00. The second kappa shape index (κ2) is 23.4. The number of rotatable bonds is 21. The highest BCUT2D eigenvalue weighted by atomic mass is 79.9. The van der Waals surface area contributed by atoms with Crippen molar-refractivity contribution >= 4 is 0 Å². The van der Waals surface area contributed by atoms with Crippen molar-refractivity contribution in [3.05, 3.63) is 12.2 Å². The molecule has 0 aromatic carbocycles. The van der Waals surface area contributed by atoms with Crippen LogP contribution in [0.15, 0.2) is 12.2 Å². The monoisotopic (exact) mass is 463 g/mol. The number of unbranched alkanes of at least 4 members (excludes halogenated alkanes) is 12. The first-order valence-electron chi connectivity index (χ1n) is 12.0. The molecular weight excluding hydrogens is 414 g/mol. The standard InChI is InChI=1S/C24H50NO2.BrH/c1-3-5-6-7-8-9-10-11-12-13-14-15-16-17-18-19-20-25(4-2,21-23-26)22-24-27;/h11-12,26-27H,3-10,13-24H2,1-2H3;1H/q+1;/p-1/b12-11-;. The molecule has 0 spiro atoms. The summed E-state index contributed by atoms with van der Waals surface area (Å²) >= 11 is 0. The van der Waals surface area contributed by atoms with Gasteiger partial charge in [-0.15, -0.1) is 0 Å². The van der Waals surface area contributed by atoms with Crippen molar-refractivity contribution in [1.82, 2.24) is 0 Å². The topological polar surface area (TPSA) is 40.5 Å². The Morgan fingerprint density at radius 2 is 1.00 bits per heavy atom. The number of quaternary nitrogens is 1. The average Bonchev–Trinajstić information content (AvgIpc) is 2.68. The van der Waals surface area contributed by atoms with Gasteiger partial charge in [0.15, 0.2) is 0 Å². The van der Waals surface area contributed by atoms with Gasteiger partial charge in [0.25, 0.3) is 0 Å². The summed E-state index contributed by atoms with van der Waals surface area (Å²) in [5, 5.41) is 18.6. The van der Waals surface area contributed by atoms with E-state index in [9.17, 15) is 10.2 Å². The first kappa shape index (κ1) is 30.3. The van der Waals surface area contributed by atoms with Crippen molar-refractivity contribution < 1.29 is 31.7 Å². The van der Waals surface area contributed by atoms with Gasteiger partial charge >= 0.3 is 0 Å². The highest BCUT2D eigenvalue weighted by molar-refractivity contribution is 4.81. The number of aliphatic hydroxyl groups excluding tert-OH is 2. The van der Waals surface area contributed by atoms with E-state index in [2.05, 4.69) is 26.0 Å². The van der Waals surface area contributed by atoms with Crippen molar-refractivity contribution in [2.75, 3.05) is 39.4 Å². The minimum absolute atomic E-state index is 0. The summed E-state index contributed by atoms with van der Waals surface area (Å²) in [5.41, 5.74) is 0. The van der Waals surface area contributed by atoms with Crippen LogP contribution in [0.5, 0.6) is 0 Å². The summed E-state index contributed by atoms with van der Waals surface area (Å²) < 4.78 is 0.871. The normalized spacial score (nSPS) is 11.9. The van der Waals surface area contributed by atoms with Gasteiger partial charge in [0.1, 0.15) is 13.1 Å². The number of aliphatic hydroxyl groups is 2. The van der Waals surface area contributed by atoms with Crippen LogP contribution in [0.2, 0.25) is 0 Å². The van der Waals surface area contributed by atoms with Gasteiger partial charge in [-0.05, 0) is 45.4 Å². The largest absolute Gasteiger partial charge is 1.00 e. The smallest absolute Gasteiger partial charge is 0.102 e. The highest BCUT2D eigenvalue weighted by Gasteiger charge is 2.23. The molecule has 170 valence electrons. The maximum absolute atomic E-state index is 9.29. The van der Waals surface area contributed by atoms with Crippen LogP contribution in [0.1, 0.15) is 104 Å². The molecule has 0 fully saturated rings. The maximum Gasteiger partial charge on any atom is 0.102 e. The zero-order valence-electron chi connectivity index (χ0n) is 19.0. The first-order chi connectivity index (χ1) is 13.2. The van der Waals surface area contributed by atoms with Crippen LogP contribution in [-0.2, 0) is 0 Å². The van der Waals surface area contributed by atoms with Gasteiger partial charge in [-0.25, -0.2) is 0 Å². The molecular formula is C24H50BrNO2. The van der Waals surface area contributed by atoms with E-state index in [-0.39, 0.29) is 30.2 Å². The maximum atomic E-state index is 9.29. The van der Waals surface area contributed by atoms with Gasteiger partial charge in [0.05, 0.1) is 26.3 Å². The van der Waals surface area contributed by atoms with E-state index in [1.807, 2.05) is 0 Å². The molecule has 0 aliphatic heterocycles. The molecule has 0 rings (SSSR count). The molecule has 2 N–H and O–H groups in total. The summed E-state index contributed by atoms with van der Waals surface area (Å²) in [4.78, 5) is 0. The molecule has 0 aliphatic carbocycles. The highest BCUT2D eigenvalue weighted by Crippen LogP contribution is 2.13. The Labute approximate surface area is 187 Å². The first-order valence-corrected chi connectivity index (χ1v) is 12.0. The molecule has 3 nitrogen and oxygen atoms in total. The number of likely N-dealkylation sites (N-methyl/N-ethyl adjacent to an activating group) is 1. The predicted octanol–water partition coefficient (Wildman–Crippen LogP) is 2.85. The van der Waals surface area contributed by atoms with E-state index in [0.29, 0.717) is 0 Å². The molecule has 0 bridgehead atoms. The van der Waals surface area contributed by atoms with Crippen LogP contribution in [0.25, 0.3) is 0 Å². The summed E-state index contributed by atoms with van der Waals surface area (Å²) in [6.45, 7) is 8.55. The van der Waals surface area contributed by atoms with Gasteiger partial charge < -0.3 is 31.7 Å². The van der Waals surface area contributed by atoms with Crippen LogP contribution < -0.4 is 17.0 Å². The van der Waals surface area contributed by atoms with Crippen molar-refractivity contribution in [3.8, 4) is 0 Å². The molecule has 0 saturated carbocycles. The van der Waals surface area contributed by atoms with E-state index in [0.717, 1.165) is 30.7 Å². The molecule has 0 aromatic heterocycles. The molecule has 0 atom stereocenters. The molecule has 0 saturated heterocycles. The average molecular weight is 465 g/mol. The van der Waals surface area contributed by atoms with E-state index >= 15 is 0 Å². The number of hydrogen-bond acceptors (Lipinski definition) is 2. The van der Waals surface area contributed by atoms with Gasteiger partial charge in [0, 0.05) is 0 Å². The van der Waals surface area contributed by atoms with Crippen molar-refractivity contribution in [1.29, 1.82) is 0 Å². The van der Waals surface area contributed by atoms with E-state index in [4.69, 9.17) is 0 Å². The minimum Gasteiger partial charge on any atom is -1.00 e. The second-order valence-corrected chi connectivity index (χ2v) is 8.21. The van der Waals surface area contributed by atoms with E-state index in [1.54, 1.807) is 0 Å². The fourth-order valence-corrected chi connectivity index (χ4v) is 3.93. The summed E-state index contributed by atoms with van der Waals surface area (Å²) in [6, 6.07) is 0. The number of allylic oxidation sites excluding steroid dienone is 2. The third-order valence-electron chi connectivity index (χ3n) is 5.96. The lowest BCUT2D eigenvalue weighted by Gasteiger charge is -2.37. The second-order valence-electron chi connectivity index (χ2n) is 8.21. The molecule has 0 amide bonds. The van der Waals surface area contributed by atoms with Gasteiger partial charge in [0.2, 0.25) is 0 Å². The minimum atomic E-state index is 0. The van der Waals surface area contributed by atoms with Crippen LogP contribution >= 0.6 is 0 Å². The third kappa shape index (κ3) is 18.1. The van der Waals surface area contributed by atoms with E-state index < -0.39 is 0 Å². The summed E-state index contributed by atoms with van der Waals surface area (Å²) in [6.07, 6.45) is 23.5. The molecule has 0 heterocycles. The molecule has 0 aliphatic rings. The van der Waals surface area contributed by atoms with Crippen LogP contribution in [0.4, 0.5) is 0 Å². The quantitative estimate of drug-likeness (QED) is 0.156. The van der Waals surface area contributed by atoms with Crippen molar-refractivity contribution in [2.45, 2.75) is 104 Å². The van der Waals surface area contributed by atoms with Gasteiger partial charge in [-0.1, -0.05) is 70.4 Å². The predicted molar refractivity (Wildman–Crippen MR) is 119 cm³/mol. The Balaban J connectivity index is 0. The Kier molecular flexibility index (Phi) is 25.3. The number of hydrogen-bond donors (Lipinski definition) is 2. The summed E-state index contributed by atoms with van der Waals surface area (Å²) in [7, 11) is 0. The lowest BCUT2D eigenvalue weighted by molar-refractivity contribution is -0.927. The molecule has 4 heteroatoms. The number of halogens is 1. The van der Waals surface area contributed by atoms with Crippen LogP contribution in [-0.4, -0.2) is 54.1 Å². The number of nitrogens with zero attached hydrogens (tertiary/aromatic N) is 1. The van der Waals surface area contributed by atoms with Gasteiger partial charge in [-0.3, -0.25) is 0 Å². The molecule has 0 aromatic rings. The SMILES string of the molecule is CCCCCCCC/C=C\CCCCCCCC[N+](CC)(CCO)CCO.[Br-]. The lowest BCUT2D eigenvalue weighted by atomic mass is 10.1. The van der Waals surface area contributed by atoms with E-state index in [1.165, 1.54) is 89.9 Å². The van der Waals surface area contributed by atoms with Gasteiger partial charge in [-0.2, -0.15) is 0 Å². The molecule has 28 heavy (non-hydrogen) atoms. The van der Waals surface area contributed by atoms with Crippen LogP contribution in [0.3, 0.4) is 0 Å². The van der Waals surface area contributed by atoms with Crippen molar-refractivity contribution in [3.63, 3.8) is 0 Å². The van der Waals surface area contributed by atoms with Crippen LogP contribution in [0, 0.1) is 0 Å². The summed E-state index contributed by atoms with van der Waals surface area (Å²) in [5.74, 6) is 0. The molecule has 0 unspecified atom stereocenters.